The molecule has 40 heavy (non-hydrogen) atoms. The molecule has 216 valence electrons. The predicted octanol–water partition coefficient (Wildman–Crippen LogP) is -2.68. The van der Waals surface area contributed by atoms with E-state index in [2.05, 4.69) is 5.32 Å². The molecule has 1 atom stereocenters. The molecule has 0 saturated carbocycles. The first-order valence-corrected chi connectivity index (χ1v) is 12.3. The Morgan fingerprint density at radius 2 is 1.73 bits per heavy atom. The summed E-state index contributed by atoms with van der Waals surface area (Å²) in [6.07, 6.45) is -0.561. The Morgan fingerprint density at radius 1 is 1.07 bits per heavy atom. The molecule has 0 aliphatic carbocycles. The first-order chi connectivity index (χ1) is 18.8. The first-order valence-electron chi connectivity index (χ1n) is 12.3. The van der Waals surface area contributed by atoms with Crippen molar-refractivity contribution in [3.63, 3.8) is 0 Å². The molecule has 14 nitrogen and oxygen atoms in total. The number of ether oxygens (including phenoxy) is 2. The monoisotopic (exact) mass is 561 g/mol. The fraction of sp³-hybridized carbons (Fsp3) is 0.423. The molecule has 1 saturated heterocycles. The van der Waals surface area contributed by atoms with Gasteiger partial charge < -0.3 is 50.3 Å². The highest BCUT2D eigenvalue weighted by Gasteiger charge is 2.60. The number of benzene rings is 2. The smallest absolute Gasteiger partial charge is 0.279 e. The van der Waals surface area contributed by atoms with E-state index in [0.717, 1.165) is 7.05 Å². The van der Waals surface area contributed by atoms with Gasteiger partial charge in [0.1, 0.15) is 12.4 Å². The highest BCUT2D eigenvalue weighted by molar-refractivity contribution is 6.02. The van der Waals surface area contributed by atoms with Crippen LogP contribution in [0.2, 0.25) is 0 Å². The lowest BCUT2D eigenvalue weighted by atomic mass is 9.96. The van der Waals surface area contributed by atoms with Crippen molar-refractivity contribution in [2.24, 2.45) is 0 Å². The summed E-state index contributed by atoms with van der Waals surface area (Å²) in [6.45, 7) is 1.11. The van der Waals surface area contributed by atoms with E-state index in [4.69, 9.17) is 9.47 Å². The van der Waals surface area contributed by atoms with Gasteiger partial charge in [0, 0.05) is 36.8 Å². The SMILES string of the molecule is CNC(=O)C(N1Cc2c(OCc3ccc(C(O)(O)N4CCOCC4)cc3)cccc2C1=O)C(O)(O)C(O)(O)C=O. The lowest BCUT2D eigenvalue weighted by molar-refractivity contribution is -0.345. The number of morpholine rings is 1. The minimum Gasteiger partial charge on any atom is -0.489 e. The summed E-state index contributed by atoms with van der Waals surface area (Å²) < 4.78 is 11.2. The predicted molar refractivity (Wildman–Crippen MR) is 134 cm³/mol. The van der Waals surface area contributed by atoms with E-state index >= 15 is 0 Å². The van der Waals surface area contributed by atoms with Gasteiger partial charge in [-0.25, -0.2) is 4.90 Å². The molecule has 2 aromatic carbocycles. The highest BCUT2D eigenvalue weighted by atomic mass is 16.6. The van der Waals surface area contributed by atoms with Gasteiger partial charge in [-0.2, -0.15) is 0 Å². The van der Waals surface area contributed by atoms with Crippen LogP contribution in [0.25, 0.3) is 0 Å². The number of amides is 2. The molecule has 4 rings (SSSR count). The van der Waals surface area contributed by atoms with Crippen LogP contribution in [0.5, 0.6) is 5.75 Å². The van der Waals surface area contributed by atoms with Gasteiger partial charge in [0.25, 0.3) is 23.4 Å². The van der Waals surface area contributed by atoms with Crippen molar-refractivity contribution in [1.29, 1.82) is 0 Å². The molecule has 2 heterocycles. The molecule has 0 bridgehead atoms. The number of fused-ring (bicyclic) bond motifs is 1. The minimum absolute atomic E-state index is 0.0106. The molecule has 0 aromatic heterocycles. The van der Waals surface area contributed by atoms with Crippen LogP contribution >= 0.6 is 0 Å². The second-order valence-electron chi connectivity index (χ2n) is 9.52. The lowest BCUT2D eigenvalue weighted by Crippen LogP contribution is -2.70. The lowest BCUT2D eigenvalue weighted by Gasteiger charge is -2.40. The summed E-state index contributed by atoms with van der Waals surface area (Å²) in [5, 5.41) is 64.0. The number of hydrogen-bond acceptors (Lipinski definition) is 12. The van der Waals surface area contributed by atoms with Gasteiger partial charge in [0.15, 0.2) is 12.3 Å². The summed E-state index contributed by atoms with van der Waals surface area (Å²) in [6, 6.07) is 8.61. The van der Waals surface area contributed by atoms with E-state index < -0.39 is 41.6 Å². The average molecular weight is 562 g/mol. The Balaban J connectivity index is 1.52. The van der Waals surface area contributed by atoms with Crippen molar-refractivity contribution >= 4 is 18.1 Å². The average Bonchev–Trinajstić information content (AvgIpc) is 3.28. The fourth-order valence-corrected chi connectivity index (χ4v) is 4.68. The van der Waals surface area contributed by atoms with E-state index in [1.54, 1.807) is 30.3 Å². The van der Waals surface area contributed by atoms with E-state index in [1.165, 1.54) is 17.0 Å². The maximum atomic E-state index is 13.2. The third-order valence-electron chi connectivity index (χ3n) is 7.03. The van der Waals surface area contributed by atoms with Crippen molar-refractivity contribution < 1.29 is 54.5 Å². The number of rotatable bonds is 10. The van der Waals surface area contributed by atoms with Crippen LogP contribution in [0, 0.1) is 0 Å². The minimum atomic E-state index is -3.77. The third kappa shape index (κ3) is 5.31. The molecule has 2 aromatic rings. The Hall–Kier alpha value is -3.47. The van der Waals surface area contributed by atoms with E-state index in [0.29, 0.717) is 42.3 Å². The molecule has 7 N–H and O–H groups in total. The first kappa shape index (κ1) is 29.5. The van der Waals surface area contributed by atoms with Crippen LogP contribution in [-0.4, -0.2) is 110 Å². The maximum absolute atomic E-state index is 13.2. The van der Waals surface area contributed by atoms with Gasteiger partial charge >= 0.3 is 0 Å². The Morgan fingerprint density at radius 3 is 2.33 bits per heavy atom. The van der Waals surface area contributed by atoms with Crippen LogP contribution in [0.1, 0.15) is 27.0 Å². The molecule has 2 amide bonds. The van der Waals surface area contributed by atoms with Crippen molar-refractivity contribution in [3.8, 4) is 5.75 Å². The largest absolute Gasteiger partial charge is 0.489 e. The molecule has 1 unspecified atom stereocenters. The molecule has 14 heteroatoms. The van der Waals surface area contributed by atoms with Gasteiger partial charge in [-0.15, -0.1) is 0 Å². The standard InChI is InChI=1S/C26H31N3O11/c1-27-22(31)21(25(35,36)24(33,34)15-30)29-13-19-18(23(29)32)3-2-4-20(19)40-14-16-5-7-17(8-6-16)26(37,38)28-9-11-39-12-10-28/h2-8,15,21,33-38H,9-14H2,1H3,(H,27,31). The topological polar surface area (TPSA) is 210 Å². The molecule has 2 aliphatic rings. The van der Waals surface area contributed by atoms with Crippen molar-refractivity contribution in [1.82, 2.24) is 15.1 Å². The molecule has 0 radical (unpaired) electrons. The second kappa shape index (κ2) is 11.2. The Kier molecular flexibility index (Phi) is 8.26. The zero-order valence-electron chi connectivity index (χ0n) is 21.6. The van der Waals surface area contributed by atoms with Gasteiger partial charge in [-0.1, -0.05) is 30.3 Å². The summed E-state index contributed by atoms with van der Waals surface area (Å²) in [4.78, 5) is 39.0. The van der Waals surface area contributed by atoms with E-state index in [-0.39, 0.29) is 30.0 Å². The fourth-order valence-electron chi connectivity index (χ4n) is 4.68. The number of likely N-dealkylation sites (N-methyl/N-ethyl adjacent to an activating group) is 1. The zero-order valence-corrected chi connectivity index (χ0v) is 21.6. The number of carbonyl (C=O) groups excluding carboxylic acids is 3. The molecular formula is C26H31N3O11. The number of hydrogen-bond donors (Lipinski definition) is 7. The van der Waals surface area contributed by atoms with Crippen molar-refractivity contribution in [2.75, 3.05) is 33.4 Å². The van der Waals surface area contributed by atoms with Crippen LogP contribution in [0.4, 0.5) is 0 Å². The number of aldehydes is 1. The van der Waals surface area contributed by atoms with Crippen LogP contribution in [0.3, 0.4) is 0 Å². The summed E-state index contributed by atoms with van der Waals surface area (Å²) in [7, 11) is 1.13. The van der Waals surface area contributed by atoms with Gasteiger partial charge in [-0.05, 0) is 17.7 Å². The van der Waals surface area contributed by atoms with Crippen LogP contribution in [0.15, 0.2) is 42.5 Å². The normalized spacial score (nSPS) is 17.4. The Labute approximate surface area is 228 Å². The zero-order chi connectivity index (χ0) is 29.3. The molecule has 0 spiro atoms. The molecular weight excluding hydrogens is 530 g/mol. The summed E-state index contributed by atoms with van der Waals surface area (Å²) >= 11 is 0. The quantitative estimate of drug-likeness (QED) is 0.117. The van der Waals surface area contributed by atoms with Gasteiger partial charge in [0.05, 0.1) is 19.8 Å². The maximum Gasteiger partial charge on any atom is 0.279 e. The van der Waals surface area contributed by atoms with E-state index in [9.17, 15) is 45.0 Å². The number of nitrogens with one attached hydrogen (secondary N) is 1. The van der Waals surface area contributed by atoms with Crippen LogP contribution < -0.4 is 10.1 Å². The van der Waals surface area contributed by atoms with E-state index in [1.807, 2.05) is 0 Å². The number of aliphatic hydroxyl groups is 6. The van der Waals surface area contributed by atoms with Gasteiger partial charge in [0.2, 0.25) is 5.91 Å². The number of nitrogens with zero attached hydrogens (tertiary/aromatic N) is 2. The third-order valence-corrected chi connectivity index (χ3v) is 7.03. The van der Waals surface area contributed by atoms with Gasteiger partial charge in [-0.3, -0.25) is 14.4 Å². The summed E-state index contributed by atoms with van der Waals surface area (Å²) in [5.74, 6) is -11.5. The van der Waals surface area contributed by atoms with Crippen molar-refractivity contribution in [2.45, 2.75) is 36.7 Å². The Bertz CT molecular complexity index is 1260. The molecule has 1 fully saturated rings. The van der Waals surface area contributed by atoms with Crippen LogP contribution in [-0.2, 0) is 33.4 Å². The second-order valence-corrected chi connectivity index (χ2v) is 9.52. The molecule has 2 aliphatic heterocycles. The highest BCUT2D eigenvalue weighted by Crippen LogP contribution is 2.36. The summed E-state index contributed by atoms with van der Waals surface area (Å²) in [5.41, 5.74) is 1.28. The van der Waals surface area contributed by atoms with Crippen molar-refractivity contribution in [3.05, 3.63) is 64.7 Å². The number of carbonyl (C=O) groups is 3.